The first kappa shape index (κ1) is 15.4. The molecule has 0 saturated heterocycles. The van der Waals surface area contributed by atoms with Crippen LogP contribution in [0.3, 0.4) is 0 Å². The SMILES string of the molecule is C=C(C)[C@H]1CC=C(CCC2=CC[C@H](C(=C)C)CC2)CC1. The lowest BCUT2D eigenvalue weighted by molar-refractivity contribution is 0.517. The molecule has 0 saturated carbocycles. The third-order valence-corrected chi connectivity index (χ3v) is 5.17. The van der Waals surface area contributed by atoms with Crippen LogP contribution in [0, 0.1) is 11.8 Å². The van der Waals surface area contributed by atoms with Crippen molar-refractivity contribution in [1.82, 2.24) is 0 Å². The smallest absolute Gasteiger partial charge is 0.0171 e. The highest BCUT2D eigenvalue weighted by Crippen LogP contribution is 2.34. The summed E-state index contributed by atoms with van der Waals surface area (Å²) < 4.78 is 0. The zero-order valence-corrected chi connectivity index (χ0v) is 13.4. The molecule has 0 aromatic heterocycles. The zero-order chi connectivity index (χ0) is 14.5. The second-order valence-electron chi connectivity index (χ2n) is 6.86. The fraction of sp³-hybridized carbons (Fsp3) is 0.600. The van der Waals surface area contributed by atoms with Gasteiger partial charge in [0.25, 0.3) is 0 Å². The summed E-state index contributed by atoms with van der Waals surface area (Å²) in [6.07, 6.45) is 15.2. The summed E-state index contributed by atoms with van der Waals surface area (Å²) in [6, 6.07) is 0. The summed E-state index contributed by atoms with van der Waals surface area (Å²) in [5.41, 5.74) is 6.10. The predicted octanol–water partition coefficient (Wildman–Crippen LogP) is 6.37. The van der Waals surface area contributed by atoms with Crippen molar-refractivity contribution in [2.24, 2.45) is 11.8 Å². The van der Waals surface area contributed by atoms with Crippen molar-refractivity contribution in [2.45, 2.75) is 65.2 Å². The maximum absolute atomic E-state index is 4.10. The second kappa shape index (κ2) is 7.11. The third-order valence-electron chi connectivity index (χ3n) is 5.17. The highest BCUT2D eigenvalue weighted by molar-refractivity contribution is 5.16. The molecule has 0 bridgehead atoms. The molecule has 0 aliphatic heterocycles. The van der Waals surface area contributed by atoms with Gasteiger partial charge in [-0.2, -0.15) is 0 Å². The standard InChI is InChI=1S/C20H30/c1-15(2)19-11-7-17(8-12-19)5-6-18-9-13-20(14-10-18)16(3)4/h7,9,19-20H,1,3,5-6,8,10-14H2,2,4H3/t19-,20-/m0/s1. The van der Waals surface area contributed by atoms with Gasteiger partial charge in [-0.3, -0.25) is 0 Å². The van der Waals surface area contributed by atoms with E-state index in [1.54, 1.807) is 11.1 Å². The Morgan fingerprint density at radius 3 is 1.55 bits per heavy atom. The quantitative estimate of drug-likeness (QED) is 0.509. The first-order valence-electron chi connectivity index (χ1n) is 8.23. The van der Waals surface area contributed by atoms with Crippen LogP contribution in [-0.4, -0.2) is 0 Å². The maximum atomic E-state index is 4.10. The van der Waals surface area contributed by atoms with Crippen LogP contribution < -0.4 is 0 Å². The van der Waals surface area contributed by atoms with Gasteiger partial charge in [-0.25, -0.2) is 0 Å². The van der Waals surface area contributed by atoms with Crippen LogP contribution in [0.4, 0.5) is 0 Å². The normalized spacial score (nSPS) is 26.7. The van der Waals surface area contributed by atoms with E-state index < -0.39 is 0 Å². The monoisotopic (exact) mass is 270 g/mol. The largest absolute Gasteiger partial charge is 0.0998 e. The molecule has 2 aliphatic rings. The van der Waals surface area contributed by atoms with E-state index in [1.807, 2.05) is 0 Å². The molecule has 2 aliphatic carbocycles. The lowest BCUT2D eigenvalue weighted by atomic mass is 9.81. The minimum atomic E-state index is 0.740. The zero-order valence-electron chi connectivity index (χ0n) is 13.4. The Morgan fingerprint density at radius 1 is 0.900 bits per heavy atom. The summed E-state index contributed by atoms with van der Waals surface area (Å²) in [5.74, 6) is 1.48. The van der Waals surface area contributed by atoms with E-state index in [-0.39, 0.29) is 0 Å². The molecule has 0 N–H and O–H groups in total. The predicted molar refractivity (Wildman–Crippen MR) is 89.7 cm³/mol. The summed E-state index contributed by atoms with van der Waals surface area (Å²) in [7, 11) is 0. The Balaban J connectivity index is 1.77. The van der Waals surface area contributed by atoms with Gasteiger partial charge >= 0.3 is 0 Å². The van der Waals surface area contributed by atoms with Crippen LogP contribution in [0.1, 0.15) is 65.2 Å². The number of allylic oxidation sites excluding steroid dienone is 6. The van der Waals surface area contributed by atoms with E-state index >= 15 is 0 Å². The minimum Gasteiger partial charge on any atom is -0.0998 e. The van der Waals surface area contributed by atoms with E-state index in [4.69, 9.17) is 0 Å². The number of rotatable bonds is 5. The van der Waals surface area contributed by atoms with Gasteiger partial charge in [-0.1, -0.05) is 47.6 Å². The molecular formula is C20H30. The molecule has 2 rings (SSSR count). The molecule has 0 spiro atoms. The molecule has 0 radical (unpaired) electrons. The van der Waals surface area contributed by atoms with Crippen molar-refractivity contribution in [1.29, 1.82) is 0 Å². The van der Waals surface area contributed by atoms with E-state index in [1.165, 1.54) is 62.5 Å². The van der Waals surface area contributed by atoms with Crippen LogP contribution in [0.2, 0.25) is 0 Å². The van der Waals surface area contributed by atoms with E-state index in [2.05, 4.69) is 39.2 Å². The van der Waals surface area contributed by atoms with Crippen molar-refractivity contribution >= 4 is 0 Å². The van der Waals surface area contributed by atoms with Gasteiger partial charge in [-0.05, 0) is 77.0 Å². The molecule has 0 aromatic rings. The second-order valence-corrected chi connectivity index (χ2v) is 6.86. The van der Waals surface area contributed by atoms with Gasteiger partial charge < -0.3 is 0 Å². The van der Waals surface area contributed by atoms with Crippen molar-refractivity contribution in [3.63, 3.8) is 0 Å². The highest BCUT2D eigenvalue weighted by atomic mass is 14.2. The van der Waals surface area contributed by atoms with Gasteiger partial charge in [0.15, 0.2) is 0 Å². The van der Waals surface area contributed by atoms with Gasteiger partial charge in [0.1, 0.15) is 0 Å². The summed E-state index contributed by atoms with van der Waals surface area (Å²) >= 11 is 0. The molecule has 0 amide bonds. The molecular weight excluding hydrogens is 240 g/mol. The van der Waals surface area contributed by atoms with Crippen molar-refractivity contribution in [2.75, 3.05) is 0 Å². The van der Waals surface area contributed by atoms with Gasteiger partial charge in [0.2, 0.25) is 0 Å². The molecule has 0 nitrogen and oxygen atoms in total. The lowest BCUT2D eigenvalue weighted by Crippen LogP contribution is -2.08. The molecule has 0 unspecified atom stereocenters. The Kier molecular flexibility index (Phi) is 5.46. The van der Waals surface area contributed by atoms with Crippen LogP contribution in [0.15, 0.2) is 47.6 Å². The van der Waals surface area contributed by atoms with Crippen molar-refractivity contribution in [3.05, 3.63) is 47.6 Å². The lowest BCUT2D eigenvalue weighted by Gasteiger charge is -2.24. The fourth-order valence-electron chi connectivity index (χ4n) is 3.45. The number of hydrogen-bond acceptors (Lipinski definition) is 0. The Bertz CT molecular complexity index is 391. The Morgan fingerprint density at radius 2 is 1.30 bits per heavy atom. The molecule has 110 valence electrons. The van der Waals surface area contributed by atoms with Crippen LogP contribution in [0.5, 0.6) is 0 Å². The Hall–Kier alpha value is -1.04. The van der Waals surface area contributed by atoms with Crippen LogP contribution >= 0.6 is 0 Å². The highest BCUT2D eigenvalue weighted by Gasteiger charge is 2.17. The summed E-state index contributed by atoms with van der Waals surface area (Å²) in [5, 5.41) is 0. The van der Waals surface area contributed by atoms with Crippen molar-refractivity contribution < 1.29 is 0 Å². The summed E-state index contributed by atoms with van der Waals surface area (Å²) in [6.45, 7) is 12.5. The van der Waals surface area contributed by atoms with Crippen LogP contribution in [-0.2, 0) is 0 Å². The van der Waals surface area contributed by atoms with E-state index in [0.29, 0.717) is 0 Å². The van der Waals surface area contributed by atoms with E-state index in [0.717, 1.165) is 11.8 Å². The maximum Gasteiger partial charge on any atom is -0.0171 e. The van der Waals surface area contributed by atoms with Gasteiger partial charge in [0.05, 0.1) is 0 Å². The Labute approximate surface area is 125 Å². The molecule has 0 fully saturated rings. The first-order valence-corrected chi connectivity index (χ1v) is 8.23. The fourth-order valence-corrected chi connectivity index (χ4v) is 3.45. The molecule has 2 atom stereocenters. The van der Waals surface area contributed by atoms with Crippen molar-refractivity contribution in [3.8, 4) is 0 Å². The van der Waals surface area contributed by atoms with E-state index in [9.17, 15) is 0 Å². The number of hydrogen-bond donors (Lipinski definition) is 0. The molecule has 20 heavy (non-hydrogen) atoms. The molecule has 0 heterocycles. The summed E-state index contributed by atoms with van der Waals surface area (Å²) in [4.78, 5) is 0. The van der Waals surface area contributed by atoms with Crippen LogP contribution in [0.25, 0.3) is 0 Å². The third kappa shape index (κ3) is 4.23. The van der Waals surface area contributed by atoms with Gasteiger partial charge in [0, 0.05) is 0 Å². The topological polar surface area (TPSA) is 0 Å². The van der Waals surface area contributed by atoms with Gasteiger partial charge in [-0.15, -0.1) is 0 Å². The first-order chi connectivity index (χ1) is 9.56. The average Bonchev–Trinajstić information content (AvgIpc) is 2.46. The minimum absolute atomic E-state index is 0.740. The molecule has 0 aromatic carbocycles. The average molecular weight is 270 g/mol. The molecule has 0 heteroatoms.